The van der Waals surface area contributed by atoms with Crippen LogP contribution in [-0.4, -0.2) is 0 Å². The summed E-state index contributed by atoms with van der Waals surface area (Å²) in [6.45, 7) is 4.26. The van der Waals surface area contributed by atoms with Crippen LogP contribution in [0.3, 0.4) is 0 Å². The first-order valence-corrected chi connectivity index (χ1v) is 7.53. The van der Waals surface area contributed by atoms with Gasteiger partial charge in [0.1, 0.15) is 0 Å². The summed E-state index contributed by atoms with van der Waals surface area (Å²) in [5.41, 5.74) is 4.94. The van der Waals surface area contributed by atoms with Gasteiger partial charge in [-0.15, -0.1) is 0 Å². The topological polar surface area (TPSA) is 0 Å². The highest BCUT2D eigenvalue weighted by molar-refractivity contribution is 6.32. The summed E-state index contributed by atoms with van der Waals surface area (Å²) in [4.78, 5) is 0. The highest BCUT2D eigenvalue weighted by atomic mass is 35.5. The Bertz CT molecular complexity index is 651. The Morgan fingerprint density at radius 2 is 1.76 bits per heavy atom. The molecule has 0 atom stereocenters. The first-order chi connectivity index (χ1) is 10.2. The zero-order valence-corrected chi connectivity index (χ0v) is 13.3. The summed E-state index contributed by atoms with van der Waals surface area (Å²) in [5.74, 6) is 0. The molecule has 0 N–H and O–H groups in total. The van der Waals surface area contributed by atoms with E-state index < -0.39 is 0 Å². The molecule has 0 unspecified atom stereocenters. The molecule has 0 spiro atoms. The highest BCUT2D eigenvalue weighted by Crippen LogP contribution is 2.17. The van der Waals surface area contributed by atoms with E-state index in [2.05, 4.69) is 56.7 Å². The Hall–Kier alpha value is -1.79. The molecule has 0 fully saturated rings. The second-order valence-corrected chi connectivity index (χ2v) is 5.52. The molecule has 0 bridgehead atoms. The number of rotatable bonds is 5. The Morgan fingerprint density at radius 1 is 0.952 bits per heavy atom. The van der Waals surface area contributed by atoms with Gasteiger partial charge < -0.3 is 0 Å². The van der Waals surface area contributed by atoms with Crippen LogP contribution in [0.15, 0.2) is 54.6 Å². The number of unbranched alkanes of at least 4 members (excludes halogenated alkanes) is 1. The summed E-state index contributed by atoms with van der Waals surface area (Å²) in [6.07, 6.45) is 11.5. The zero-order chi connectivity index (χ0) is 15.1. The molecule has 1 radical (unpaired) electrons. The quantitative estimate of drug-likeness (QED) is 0.570. The van der Waals surface area contributed by atoms with Crippen LogP contribution in [0, 0.1) is 20.3 Å². The third-order valence-corrected chi connectivity index (χ3v) is 3.67. The van der Waals surface area contributed by atoms with Crippen molar-refractivity contribution in [2.24, 2.45) is 0 Å². The van der Waals surface area contributed by atoms with E-state index in [0.29, 0.717) is 0 Å². The molecule has 0 nitrogen and oxygen atoms in total. The molecule has 107 valence electrons. The van der Waals surface area contributed by atoms with Crippen molar-refractivity contribution in [3.05, 3.63) is 88.3 Å². The maximum atomic E-state index is 6.10. The van der Waals surface area contributed by atoms with E-state index in [1.54, 1.807) is 0 Å². The molecule has 2 aromatic carbocycles. The molecule has 2 rings (SSSR count). The van der Waals surface area contributed by atoms with Gasteiger partial charge in [0.25, 0.3) is 0 Å². The van der Waals surface area contributed by atoms with Crippen LogP contribution < -0.4 is 0 Å². The number of hydrogen-bond donors (Lipinski definition) is 0. The van der Waals surface area contributed by atoms with Gasteiger partial charge >= 0.3 is 0 Å². The van der Waals surface area contributed by atoms with Gasteiger partial charge in [-0.3, -0.25) is 0 Å². The van der Waals surface area contributed by atoms with Crippen molar-refractivity contribution in [2.45, 2.75) is 20.3 Å². The maximum absolute atomic E-state index is 6.10. The number of hydrogen-bond acceptors (Lipinski definition) is 0. The predicted octanol–water partition coefficient (Wildman–Crippen LogP) is 6.28. The molecule has 0 saturated heterocycles. The van der Waals surface area contributed by atoms with Gasteiger partial charge in [0, 0.05) is 5.02 Å². The van der Waals surface area contributed by atoms with E-state index in [1.165, 1.54) is 16.7 Å². The number of allylic oxidation sites excluding steroid dienone is 2. The average Bonchev–Trinajstić information content (AvgIpc) is 2.48. The van der Waals surface area contributed by atoms with Crippen LogP contribution in [0.5, 0.6) is 0 Å². The third-order valence-electron chi connectivity index (χ3n) is 3.32. The zero-order valence-electron chi connectivity index (χ0n) is 12.5. The lowest BCUT2D eigenvalue weighted by atomic mass is 10.0. The lowest BCUT2D eigenvalue weighted by Gasteiger charge is -2.01. The standard InChI is InChI=1S/C20H20Cl/c1-16-13-14-17(2)19(15-16)11-6-4-3-5-9-18-10-7-8-12-20(18)21/h3,5-15H,4H2,1-2H3/b9-5+,11-6+. The number of halogens is 1. The van der Waals surface area contributed by atoms with Gasteiger partial charge in [0.2, 0.25) is 0 Å². The van der Waals surface area contributed by atoms with Gasteiger partial charge in [-0.25, -0.2) is 0 Å². The van der Waals surface area contributed by atoms with E-state index in [-0.39, 0.29) is 0 Å². The summed E-state index contributed by atoms with van der Waals surface area (Å²) in [7, 11) is 0. The molecular formula is C20H20Cl. The monoisotopic (exact) mass is 295 g/mol. The lowest BCUT2D eigenvalue weighted by molar-refractivity contribution is 1.30. The van der Waals surface area contributed by atoms with Crippen molar-refractivity contribution in [2.75, 3.05) is 0 Å². The molecule has 0 aromatic heterocycles. The van der Waals surface area contributed by atoms with Gasteiger partial charge in [-0.05, 0) is 49.4 Å². The van der Waals surface area contributed by atoms with Crippen LogP contribution in [0.1, 0.15) is 28.7 Å². The minimum absolute atomic E-state index is 0.785. The Balaban J connectivity index is 1.86. The summed E-state index contributed by atoms with van der Waals surface area (Å²) in [6, 6.07) is 14.4. The summed E-state index contributed by atoms with van der Waals surface area (Å²) >= 11 is 6.10. The SMILES string of the molecule is Cc1ccc(C)c(/C=C/C[CH]/C=C/c2ccccc2Cl)c1. The summed E-state index contributed by atoms with van der Waals surface area (Å²) in [5, 5.41) is 0.785. The van der Waals surface area contributed by atoms with Crippen molar-refractivity contribution >= 4 is 23.8 Å². The van der Waals surface area contributed by atoms with Gasteiger partial charge in [0.05, 0.1) is 0 Å². The fourth-order valence-electron chi connectivity index (χ4n) is 2.07. The third kappa shape index (κ3) is 4.91. The molecular weight excluding hydrogens is 276 g/mol. The van der Waals surface area contributed by atoms with Gasteiger partial charge in [0.15, 0.2) is 0 Å². The van der Waals surface area contributed by atoms with Crippen LogP contribution in [0.4, 0.5) is 0 Å². The Morgan fingerprint density at radius 3 is 2.57 bits per heavy atom. The largest absolute Gasteiger partial charge is 0.0837 e. The van der Waals surface area contributed by atoms with Crippen molar-refractivity contribution in [3.8, 4) is 0 Å². The van der Waals surface area contributed by atoms with Crippen molar-refractivity contribution in [1.82, 2.24) is 0 Å². The minimum Gasteiger partial charge on any atom is -0.0837 e. The molecule has 1 heteroatoms. The van der Waals surface area contributed by atoms with E-state index >= 15 is 0 Å². The van der Waals surface area contributed by atoms with Crippen molar-refractivity contribution in [3.63, 3.8) is 0 Å². The number of aryl methyl sites for hydroxylation is 2. The minimum atomic E-state index is 0.785. The van der Waals surface area contributed by atoms with E-state index in [4.69, 9.17) is 11.6 Å². The van der Waals surface area contributed by atoms with E-state index in [0.717, 1.165) is 17.0 Å². The van der Waals surface area contributed by atoms with Crippen LogP contribution in [-0.2, 0) is 0 Å². The first kappa shape index (κ1) is 15.6. The second-order valence-electron chi connectivity index (χ2n) is 5.11. The van der Waals surface area contributed by atoms with Gasteiger partial charge in [-0.1, -0.05) is 77.9 Å². The maximum Gasteiger partial charge on any atom is 0.0478 e. The molecule has 0 aliphatic rings. The Labute approximate surface area is 132 Å². The second kappa shape index (κ2) is 7.85. The van der Waals surface area contributed by atoms with Gasteiger partial charge in [-0.2, -0.15) is 0 Å². The van der Waals surface area contributed by atoms with Crippen LogP contribution in [0.2, 0.25) is 5.02 Å². The van der Waals surface area contributed by atoms with Crippen LogP contribution in [0.25, 0.3) is 12.2 Å². The Kier molecular flexibility index (Phi) is 5.83. The fourth-order valence-corrected chi connectivity index (χ4v) is 2.27. The average molecular weight is 296 g/mol. The van der Waals surface area contributed by atoms with Crippen molar-refractivity contribution < 1.29 is 0 Å². The van der Waals surface area contributed by atoms with Crippen LogP contribution >= 0.6 is 11.6 Å². The van der Waals surface area contributed by atoms with E-state index in [1.807, 2.05) is 30.3 Å². The summed E-state index contributed by atoms with van der Waals surface area (Å²) < 4.78 is 0. The normalized spacial score (nSPS) is 11.6. The highest BCUT2D eigenvalue weighted by Gasteiger charge is 1.94. The molecule has 0 aliphatic carbocycles. The molecule has 21 heavy (non-hydrogen) atoms. The fraction of sp³-hybridized carbons (Fsp3) is 0.150. The molecule has 2 aromatic rings. The molecule has 0 saturated carbocycles. The van der Waals surface area contributed by atoms with Crippen molar-refractivity contribution in [1.29, 1.82) is 0 Å². The first-order valence-electron chi connectivity index (χ1n) is 7.15. The molecule has 0 amide bonds. The van der Waals surface area contributed by atoms with E-state index in [9.17, 15) is 0 Å². The predicted molar refractivity (Wildman–Crippen MR) is 94.4 cm³/mol. The smallest absolute Gasteiger partial charge is 0.0478 e. The molecule has 0 aliphatic heterocycles. The number of benzene rings is 2. The lowest BCUT2D eigenvalue weighted by Crippen LogP contribution is -1.81. The molecule has 0 heterocycles.